The molecular formula is C18H15N3O3S. The molecular weight excluding hydrogens is 338 g/mol. The van der Waals surface area contributed by atoms with Crippen molar-refractivity contribution in [2.45, 2.75) is 4.90 Å². The van der Waals surface area contributed by atoms with Gasteiger partial charge in [-0.3, -0.25) is 9.10 Å². The van der Waals surface area contributed by atoms with Gasteiger partial charge in [0, 0.05) is 29.5 Å². The van der Waals surface area contributed by atoms with E-state index in [1.807, 2.05) is 6.07 Å². The van der Waals surface area contributed by atoms with Crippen LogP contribution < -0.4 is 9.86 Å². The standard InChI is InChI=1S/C18H15N3O3S/c1-21(12-5-3-2-4-6-12)25(23,24)13-7-8-16-15(11-13)14-9-10-19-17(14)18(22)20-16/h2-11,19H,1H3,(H,20,22). The largest absolute Gasteiger partial charge is 0.357 e. The summed E-state index contributed by atoms with van der Waals surface area (Å²) in [5.41, 5.74) is 1.37. The van der Waals surface area contributed by atoms with E-state index in [1.165, 1.54) is 17.4 Å². The number of hydrogen-bond acceptors (Lipinski definition) is 3. The maximum atomic E-state index is 13.0. The van der Waals surface area contributed by atoms with Crippen molar-refractivity contribution in [1.29, 1.82) is 0 Å². The molecule has 4 aromatic rings. The Bertz CT molecular complexity index is 1240. The van der Waals surface area contributed by atoms with E-state index in [4.69, 9.17) is 0 Å². The first-order valence-electron chi connectivity index (χ1n) is 7.65. The molecule has 0 radical (unpaired) electrons. The maximum absolute atomic E-state index is 13.0. The van der Waals surface area contributed by atoms with Crippen LogP contribution in [0.1, 0.15) is 0 Å². The predicted octanol–water partition coefficient (Wildman–Crippen LogP) is 2.83. The zero-order chi connectivity index (χ0) is 17.6. The van der Waals surface area contributed by atoms with Gasteiger partial charge < -0.3 is 9.97 Å². The summed E-state index contributed by atoms with van der Waals surface area (Å²) in [5.74, 6) is 0. The quantitative estimate of drug-likeness (QED) is 0.594. The minimum Gasteiger partial charge on any atom is -0.357 e. The van der Waals surface area contributed by atoms with Gasteiger partial charge in [-0.1, -0.05) is 18.2 Å². The second-order valence-corrected chi connectivity index (χ2v) is 7.71. The molecule has 0 aliphatic rings. The fourth-order valence-corrected chi connectivity index (χ4v) is 4.14. The molecule has 6 nitrogen and oxygen atoms in total. The Morgan fingerprint density at radius 1 is 0.960 bits per heavy atom. The number of sulfonamides is 1. The van der Waals surface area contributed by atoms with Crippen LogP contribution in [0.3, 0.4) is 0 Å². The molecule has 2 aromatic carbocycles. The molecule has 0 bridgehead atoms. The van der Waals surface area contributed by atoms with E-state index in [1.54, 1.807) is 48.7 Å². The number of aromatic amines is 2. The summed E-state index contributed by atoms with van der Waals surface area (Å²) in [4.78, 5) is 17.8. The van der Waals surface area contributed by atoms with Crippen LogP contribution in [0.5, 0.6) is 0 Å². The molecule has 4 rings (SSSR count). The van der Waals surface area contributed by atoms with Crippen LogP contribution in [0.25, 0.3) is 21.8 Å². The molecule has 0 aliphatic heterocycles. The number of aromatic nitrogens is 2. The Morgan fingerprint density at radius 3 is 2.48 bits per heavy atom. The Labute approximate surface area is 143 Å². The number of rotatable bonds is 3. The lowest BCUT2D eigenvalue weighted by atomic mass is 10.1. The van der Waals surface area contributed by atoms with E-state index in [0.29, 0.717) is 27.5 Å². The average Bonchev–Trinajstić information content (AvgIpc) is 3.12. The summed E-state index contributed by atoms with van der Waals surface area (Å²) in [6.07, 6.45) is 1.66. The lowest BCUT2D eigenvalue weighted by molar-refractivity contribution is 0.594. The number of pyridine rings is 1. The van der Waals surface area contributed by atoms with Gasteiger partial charge in [0.2, 0.25) is 0 Å². The first kappa shape index (κ1) is 15.5. The molecule has 0 unspecified atom stereocenters. The number of para-hydroxylation sites is 1. The number of nitrogens with zero attached hydrogens (tertiary/aromatic N) is 1. The predicted molar refractivity (Wildman–Crippen MR) is 98.5 cm³/mol. The first-order valence-corrected chi connectivity index (χ1v) is 9.09. The van der Waals surface area contributed by atoms with Gasteiger partial charge in [-0.25, -0.2) is 8.42 Å². The highest BCUT2D eigenvalue weighted by Crippen LogP contribution is 2.27. The zero-order valence-electron chi connectivity index (χ0n) is 13.4. The molecule has 2 N–H and O–H groups in total. The summed E-state index contributed by atoms with van der Waals surface area (Å²) in [6, 6.07) is 15.4. The minimum atomic E-state index is -3.71. The number of benzene rings is 2. The lowest BCUT2D eigenvalue weighted by Crippen LogP contribution is -2.26. The summed E-state index contributed by atoms with van der Waals surface area (Å²) >= 11 is 0. The van der Waals surface area contributed by atoms with Crippen LogP contribution in [-0.2, 0) is 10.0 Å². The molecule has 0 spiro atoms. The van der Waals surface area contributed by atoms with Crippen LogP contribution >= 0.6 is 0 Å². The number of fused-ring (bicyclic) bond motifs is 3. The van der Waals surface area contributed by atoms with Gasteiger partial charge in [-0.2, -0.15) is 0 Å². The number of nitrogens with one attached hydrogen (secondary N) is 2. The average molecular weight is 353 g/mol. The summed E-state index contributed by atoms with van der Waals surface area (Å²) in [7, 11) is -2.19. The maximum Gasteiger partial charge on any atom is 0.272 e. The zero-order valence-corrected chi connectivity index (χ0v) is 14.2. The lowest BCUT2D eigenvalue weighted by Gasteiger charge is -2.19. The monoisotopic (exact) mass is 353 g/mol. The van der Waals surface area contributed by atoms with Gasteiger partial charge in [0.1, 0.15) is 5.52 Å². The topological polar surface area (TPSA) is 86.0 Å². The first-order chi connectivity index (χ1) is 12.0. The molecule has 7 heteroatoms. The van der Waals surface area contributed by atoms with Crippen molar-refractivity contribution >= 4 is 37.5 Å². The van der Waals surface area contributed by atoms with Crippen LogP contribution in [0.4, 0.5) is 5.69 Å². The van der Waals surface area contributed by atoms with Crippen molar-refractivity contribution in [3.8, 4) is 0 Å². The highest BCUT2D eigenvalue weighted by Gasteiger charge is 2.22. The summed E-state index contributed by atoms with van der Waals surface area (Å²) in [5, 5.41) is 1.37. The third-order valence-corrected chi connectivity index (χ3v) is 6.06. The Balaban J connectivity index is 1.92. The number of anilines is 1. The van der Waals surface area contributed by atoms with Gasteiger partial charge in [-0.05, 0) is 36.4 Å². The van der Waals surface area contributed by atoms with Crippen molar-refractivity contribution in [3.05, 3.63) is 71.1 Å². The van der Waals surface area contributed by atoms with Crippen molar-refractivity contribution in [3.63, 3.8) is 0 Å². The van der Waals surface area contributed by atoms with Crippen LogP contribution in [-0.4, -0.2) is 25.4 Å². The van der Waals surface area contributed by atoms with E-state index in [9.17, 15) is 13.2 Å². The molecule has 0 saturated heterocycles. The molecule has 0 atom stereocenters. The molecule has 2 aromatic heterocycles. The van der Waals surface area contributed by atoms with Crippen LogP contribution in [0, 0.1) is 0 Å². The summed E-state index contributed by atoms with van der Waals surface area (Å²) < 4.78 is 27.2. The van der Waals surface area contributed by atoms with Crippen molar-refractivity contribution in [1.82, 2.24) is 9.97 Å². The van der Waals surface area contributed by atoms with Crippen molar-refractivity contribution in [2.24, 2.45) is 0 Å². The van der Waals surface area contributed by atoms with E-state index in [2.05, 4.69) is 9.97 Å². The second kappa shape index (κ2) is 5.49. The van der Waals surface area contributed by atoms with Gasteiger partial charge in [0.05, 0.1) is 10.6 Å². The molecule has 0 amide bonds. The Kier molecular flexibility index (Phi) is 3.40. The van der Waals surface area contributed by atoms with Crippen molar-refractivity contribution < 1.29 is 8.42 Å². The highest BCUT2D eigenvalue weighted by atomic mass is 32.2. The van der Waals surface area contributed by atoms with Crippen molar-refractivity contribution in [2.75, 3.05) is 11.4 Å². The van der Waals surface area contributed by atoms with E-state index in [0.717, 1.165) is 0 Å². The summed E-state index contributed by atoms with van der Waals surface area (Å²) in [6.45, 7) is 0. The van der Waals surface area contributed by atoms with E-state index >= 15 is 0 Å². The third-order valence-electron chi connectivity index (χ3n) is 4.28. The van der Waals surface area contributed by atoms with Gasteiger partial charge in [0.15, 0.2) is 0 Å². The number of H-pyrrole nitrogens is 2. The van der Waals surface area contributed by atoms with E-state index in [-0.39, 0.29) is 10.5 Å². The number of hydrogen-bond donors (Lipinski definition) is 2. The Hall–Kier alpha value is -3.06. The molecule has 0 aliphatic carbocycles. The van der Waals surface area contributed by atoms with Gasteiger partial charge in [-0.15, -0.1) is 0 Å². The normalized spacial score (nSPS) is 11.9. The van der Waals surface area contributed by atoms with Gasteiger partial charge >= 0.3 is 0 Å². The van der Waals surface area contributed by atoms with Crippen LogP contribution in [0.2, 0.25) is 0 Å². The highest BCUT2D eigenvalue weighted by molar-refractivity contribution is 7.92. The molecule has 25 heavy (non-hydrogen) atoms. The molecule has 0 saturated carbocycles. The molecule has 2 heterocycles. The molecule has 126 valence electrons. The fourth-order valence-electron chi connectivity index (χ4n) is 2.92. The SMILES string of the molecule is CN(c1ccccc1)S(=O)(=O)c1ccc2[nH]c(=O)c3[nH]ccc3c2c1. The third kappa shape index (κ3) is 2.40. The van der Waals surface area contributed by atoms with Gasteiger partial charge in [0.25, 0.3) is 15.6 Å². The smallest absolute Gasteiger partial charge is 0.272 e. The van der Waals surface area contributed by atoms with E-state index < -0.39 is 10.0 Å². The Morgan fingerprint density at radius 2 is 1.72 bits per heavy atom. The fraction of sp³-hybridized carbons (Fsp3) is 0.0556. The second-order valence-electron chi connectivity index (χ2n) is 5.74. The molecule has 0 fully saturated rings. The van der Waals surface area contributed by atoms with Crippen LogP contribution in [0.15, 0.2) is 70.5 Å². The minimum absolute atomic E-state index is 0.168.